The maximum absolute atomic E-state index is 10.8. The second-order valence-electron chi connectivity index (χ2n) is 6.59. The van der Waals surface area contributed by atoms with Crippen molar-refractivity contribution in [1.82, 2.24) is 4.90 Å². The molecular formula is C21H21NO. The highest BCUT2D eigenvalue weighted by atomic mass is 16.1. The van der Waals surface area contributed by atoms with E-state index in [1.165, 1.54) is 29.5 Å². The lowest BCUT2D eigenvalue weighted by atomic mass is 9.94. The van der Waals surface area contributed by atoms with E-state index >= 15 is 0 Å². The van der Waals surface area contributed by atoms with Crippen molar-refractivity contribution in [3.8, 4) is 0 Å². The van der Waals surface area contributed by atoms with Gasteiger partial charge in [-0.3, -0.25) is 9.69 Å². The molecule has 4 rings (SSSR count). The third-order valence-corrected chi connectivity index (χ3v) is 5.17. The van der Waals surface area contributed by atoms with Gasteiger partial charge in [0.1, 0.15) is 6.29 Å². The Morgan fingerprint density at radius 2 is 1.78 bits per heavy atom. The van der Waals surface area contributed by atoms with Gasteiger partial charge >= 0.3 is 0 Å². The van der Waals surface area contributed by atoms with Crippen LogP contribution in [-0.2, 0) is 6.54 Å². The lowest BCUT2D eigenvalue weighted by molar-refractivity contribution is 0.112. The van der Waals surface area contributed by atoms with Gasteiger partial charge in [0.15, 0.2) is 0 Å². The number of hydrogen-bond acceptors (Lipinski definition) is 2. The Hall–Kier alpha value is -2.19. The normalized spacial score (nSPS) is 23.6. The molecule has 2 bridgehead atoms. The van der Waals surface area contributed by atoms with Gasteiger partial charge in [0, 0.05) is 24.2 Å². The molecule has 116 valence electrons. The molecule has 23 heavy (non-hydrogen) atoms. The molecule has 0 spiro atoms. The predicted octanol–water partition coefficient (Wildman–Crippen LogP) is 4.32. The van der Waals surface area contributed by atoms with Gasteiger partial charge in [0.05, 0.1) is 0 Å². The number of fused-ring (bicyclic) bond motifs is 2. The molecule has 0 saturated carbocycles. The largest absolute Gasteiger partial charge is 0.298 e. The summed E-state index contributed by atoms with van der Waals surface area (Å²) >= 11 is 0. The van der Waals surface area contributed by atoms with Crippen LogP contribution in [0.5, 0.6) is 0 Å². The molecule has 0 amide bonds. The van der Waals surface area contributed by atoms with Gasteiger partial charge in [0.2, 0.25) is 0 Å². The molecule has 2 aliphatic heterocycles. The minimum absolute atomic E-state index is 0.551. The number of benzene rings is 2. The van der Waals surface area contributed by atoms with Crippen molar-refractivity contribution >= 4 is 11.9 Å². The van der Waals surface area contributed by atoms with E-state index in [1.54, 1.807) is 0 Å². The van der Waals surface area contributed by atoms with E-state index in [0.717, 1.165) is 24.8 Å². The zero-order valence-corrected chi connectivity index (χ0v) is 13.2. The molecule has 1 fully saturated rings. The van der Waals surface area contributed by atoms with Crippen LogP contribution in [0.15, 0.2) is 60.7 Å². The van der Waals surface area contributed by atoms with Crippen molar-refractivity contribution in [2.24, 2.45) is 0 Å². The molecule has 2 aromatic carbocycles. The zero-order chi connectivity index (χ0) is 15.6. The van der Waals surface area contributed by atoms with Gasteiger partial charge in [-0.1, -0.05) is 60.7 Å². The summed E-state index contributed by atoms with van der Waals surface area (Å²) in [5, 5.41) is 0. The van der Waals surface area contributed by atoms with E-state index < -0.39 is 0 Å². The molecule has 2 unspecified atom stereocenters. The standard InChI is InChI=1S/C21H21NO/c23-15-17-6-8-18(9-7-17)19-12-20-10-11-21(13-19)22(20)14-16-4-2-1-3-5-16/h1-9,12,15,20-21H,10-11,13-14H2. The summed E-state index contributed by atoms with van der Waals surface area (Å²) in [6.07, 6.45) is 7.01. The van der Waals surface area contributed by atoms with Crippen LogP contribution in [-0.4, -0.2) is 23.3 Å². The van der Waals surface area contributed by atoms with Crippen LogP contribution in [0.3, 0.4) is 0 Å². The van der Waals surface area contributed by atoms with Gasteiger partial charge in [-0.15, -0.1) is 0 Å². The third kappa shape index (κ3) is 2.87. The van der Waals surface area contributed by atoms with Gasteiger partial charge < -0.3 is 0 Å². The fourth-order valence-electron chi connectivity index (χ4n) is 3.95. The van der Waals surface area contributed by atoms with Crippen LogP contribution in [0.1, 0.15) is 40.7 Å². The van der Waals surface area contributed by atoms with Crippen molar-refractivity contribution in [3.05, 3.63) is 77.4 Å². The summed E-state index contributed by atoms with van der Waals surface area (Å²) in [7, 11) is 0. The van der Waals surface area contributed by atoms with Gasteiger partial charge in [-0.05, 0) is 36.0 Å². The summed E-state index contributed by atoms with van der Waals surface area (Å²) in [6.45, 7) is 1.05. The molecule has 2 aliphatic rings. The Labute approximate surface area is 137 Å². The van der Waals surface area contributed by atoms with Crippen molar-refractivity contribution in [1.29, 1.82) is 0 Å². The number of nitrogens with zero attached hydrogens (tertiary/aromatic N) is 1. The van der Waals surface area contributed by atoms with Crippen molar-refractivity contribution in [2.45, 2.75) is 37.9 Å². The fraction of sp³-hybridized carbons (Fsp3) is 0.286. The van der Waals surface area contributed by atoms with Crippen LogP contribution in [0.4, 0.5) is 0 Å². The van der Waals surface area contributed by atoms with Crippen molar-refractivity contribution < 1.29 is 4.79 Å². The Bertz CT molecular complexity index is 717. The molecule has 0 aliphatic carbocycles. The maximum Gasteiger partial charge on any atom is 0.150 e. The first-order chi connectivity index (χ1) is 11.3. The smallest absolute Gasteiger partial charge is 0.150 e. The molecular weight excluding hydrogens is 282 g/mol. The number of carbonyl (C=O) groups excluding carboxylic acids is 1. The average molecular weight is 303 g/mol. The lowest BCUT2D eigenvalue weighted by Gasteiger charge is -2.34. The SMILES string of the molecule is O=Cc1ccc(C2=CC3CCC(C2)N3Cc2ccccc2)cc1. The first kappa shape index (κ1) is 14.4. The minimum atomic E-state index is 0.551. The highest BCUT2D eigenvalue weighted by molar-refractivity contribution is 5.77. The molecule has 2 heterocycles. The topological polar surface area (TPSA) is 20.3 Å². The van der Waals surface area contributed by atoms with E-state index in [2.05, 4.69) is 53.4 Å². The van der Waals surface area contributed by atoms with Crippen LogP contribution in [0, 0.1) is 0 Å². The quantitative estimate of drug-likeness (QED) is 0.784. The second-order valence-corrected chi connectivity index (χ2v) is 6.59. The second kappa shape index (κ2) is 6.13. The Balaban J connectivity index is 1.55. The summed E-state index contributed by atoms with van der Waals surface area (Å²) in [5.74, 6) is 0. The minimum Gasteiger partial charge on any atom is -0.298 e. The van der Waals surface area contributed by atoms with E-state index in [-0.39, 0.29) is 0 Å². The van der Waals surface area contributed by atoms with Crippen LogP contribution in [0.2, 0.25) is 0 Å². The van der Waals surface area contributed by atoms with Gasteiger partial charge in [0.25, 0.3) is 0 Å². The maximum atomic E-state index is 10.8. The van der Waals surface area contributed by atoms with E-state index in [0.29, 0.717) is 12.1 Å². The fourth-order valence-corrected chi connectivity index (χ4v) is 3.95. The Morgan fingerprint density at radius 3 is 2.48 bits per heavy atom. The molecule has 0 aromatic heterocycles. The van der Waals surface area contributed by atoms with Crippen molar-refractivity contribution in [3.63, 3.8) is 0 Å². The van der Waals surface area contributed by atoms with Crippen LogP contribution in [0.25, 0.3) is 5.57 Å². The molecule has 2 aromatic rings. The average Bonchev–Trinajstić information content (AvgIpc) is 2.84. The van der Waals surface area contributed by atoms with Gasteiger partial charge in [-0.2, -0.15) is 0 Å². The Morgan fingerprint density at radius 1 is 1.00 bits per heavy atom. The molecule has 1 saturated heterocycles. The van der Waals surface area contributed by atoms with Gasteiger partial charge in [-0.25, -0.2) is 0 Å². The van der Waals surface area contributed by atoms with E-state index in [4.69, 9.17) is 0 Å². The summed E-state index contributed by atoms with van der Waals surface area (Å²) in [5.41, 5.74) is 4.86. The highest BCUT2D eigenvalue weighted by Gasteiger charge is 2.36. The Kier molecular flexibility index (Phi) is 3.84. The molecule has 0 N–H and O–H groups in total. The third-order valence-electron chi connectivity index (χ3n) is 5.17. The zero-order valence-electron chi connectivity index (χ0n) is 13.2. The molecule has 2 nitrogen and oxygen atoms in total. The van der Waals surface area contributed by atoms with Crippen LogP contribution < -0.4 is 0 Å². The van der Waals surface area contributed by atoms with E-state index in [9.17, 15) is 4.79 Å². The molecule has 0 radical (unpaired) electrons. The summed E-state index contributed by atoms with van der Waals surface area (Å²) in [4.78, 5) is 13.5. The van der Waals surface area contributed by atoms with E-state index in [1.807, 2.05) is 12.1 Å². The lowest BCUT2D eigenvalue weighted by Crippen LogP contribution is -2.37. The molecule has 2 heteroatoms. The first-order valence-corrected chi connectivity index (χ1v) is 8.39. The molecule has 2 atom stereocenters. The number of aldehydes is 1. The number of carbonyl (C=O) groups is 1. The monoisotopic (exact) mass is 303 g/mol. The van der Waals surface area contributed by atoms with Crippen molar-refractivity contribution in [2.75, 3.05) is 0 Å². The number of hydrogen-bond donors (Lipinski definition) is 0. The number of rotatable bonds is 4. The predicted molar refractivity (Wildman–Crippen MR) is 93.2 cm³/mol. The first-order valence-electron chi connectivity index (χ1n) is 8.39. The summed E-state index contributed by atoms with van der Waals surface area (Å²) < 4.78 is 0. The highest BCUT2D eigenvalue weighted by Crippen LogP contribution is 2.39. The summed E-state index contributed by atoms with van der Waals surface area (Å²) in [6, 6.07) is 20.0. The van der Waals surface area contributed by atoms with Crippen LogP contribution >= 0.6 is 0 Å².